The maximum absolute atomic E-state index is 6.15. The SMILES string of the molecule is COc1cc2c(cc1C1(CN)CCCCC1)OCOC2. The monoisotopic (exact) mass is 277 g/mol. The van der Waals surface area contributed by atoms with E-state index in [0.29, 0.717) is 19.9 Å². The first kappa shape index (κ1) is 13.7. The minimum Gasteiger partial charge on any atom is -0.496 e. The summed E-state index contributed by atoms with van der Waals surface area (Å²) < 4.78 is 16.6. The van der Waals surface area contributed by atoms with E-state index in [1.807, 2.05) is 0 Å². The van der Waals surface area contributed by atoms with E-state index < -0.39 is 0 Å². The standard InChI is InChI=1S/C16H23NO3/c1-18-15-7-12-9-19-11-20-14(12)8-13(15)16(10-17)5-3-2-4-6-16/h7-8H,2-6,9-11,17H2,1H3. The van der Waals surface area contributed by atoms with Crippen molar-refractivity contribution in [3.63, 3.8) is 0 Å². The third kappa shape index (κ3) is 2.27. The number of hydrogen-bond donors (Lipinski definition) is 1. The molecule has 20 heavy (non-hydrogen) atoms. The summed E-state index contributed by atoms with van der Waals surface area (Å²) >= 11 is 0. The summed E-state index contributed by atoms with van der Waals surface area (Å²) in [4.78, 5) is 0. The quantitative estimate of drug-likeness (QED) is 0.923. The Labute approximate surface area is 120 Å². The van der Waals surface area contributed by atoms with Gasteiger partial charge in [-0.3, -0.25) is 0 Å². The molecule has 1 saturated carbocycles. The number of nitrogens with two attached hydrogens (primary N) is 1. The van der Waals surface area contributed by atoms with Crippen LogP contribution in [-0.4, -0.2) is 20.4 Å². The molecule has 3 rings (SSSR count). The van der Waals surface area contributed by atoms with Crippen LogP contribution in [0.4, 0.5) is 0 Å². The molecule has 4 heteroatoms. The Kier molecular flexibility index (Phi) is 3.85. The van der Waals surface area contributed by atoms with Gasteiger partial charge in [-0.2, -0.15) is 0 Å². The van der Waals surface area contributed by atoms with Crippen molar-refractivity contribution in [2.45, 2.75) is 44.1 Å². The van der Waals surface area contributed by atoms with E-state index >= 15 is 0 Å². The van der Waals surface area contributed by atoms with Crippen molar-refractivity contribution in [2.75, 3.05) is 20.4 Å². The van der Waals surface area contributed by atoms with Gasteiger partial charge in [0.2, 0.25) is 0 Å². The van der Waals surface area contributed by atoms with Crippen molar-refractivity contribution < 1.29 is 14.2 Å². The highest BCUT2D eigenvalue weighted by Gasteiger charge is 2.36. The lowest BCUT2D eigenvalue weighted by atomic mass is 9.69. The Hall–Kier alpha value is -1.26. The third-order valence-corrected chi connectivity index (χ3v) is 4.71. The van der Waals surface area contributed by atoms with Crippen LogP contribution in [-0.2, 0) is 16.8 Å². The van der Waals surface area contributed by atoms with E-state index in [4.69, 9.17) is 19.9 Å². The van der Waals surface area contributed by atoms with Gasteiger partial charge in [0.25, 0.3) is 0 Å². The van der Waals surface area contributed by atoms with Crippen molar-refractivity contribution in [1.29, 1.82) is 0 Å². The van der Waals surface area contributed by atoms with Gasteiger partial charge < -0.3 is 19.9 Å². The third-order valence-electron chi connectivity index (χ3n) is 4.71. The molecular formula is C16H23NO3. The predicted octanol–water partition coefficient (Wildman–Crippen LogP) is 2.72. The van der Waals surface area contributed by atoms with Gasteiger partial charge in [0.1, 0.15) is 11.5 Å². The van der Waals surface area contributed by atoms with Crippen molar-refractivity contribution in [1.82, 2.24) is 0 Å². The molecule has 1 heterocycles. The van der Waals surface area contributed by atoms with Crippen LogP contribution in [0.1, 0.15) is 43.2 Å². The fraction of sp³-hybridized carbons (Fsp3) is 0.625. The van der Waals surface area contributed by atoms with Crippen LogP contribution < -0.4 is 15.2 Å². The average Bonchev–Trinajstić information content (AvgIpc) is 2.54. The summed E-state index contributed by atoms with van der Waals surface area (Å²) in [7, 11) is 1.73. The molecule has 110 valence electrons. The average molecular weight is 277 g/mol. The molecule has 0 saturated heterocycles. The normalized spacial score (nSPS) is 20.9. The highest BCUT2D eigenvalue weighted by molar-refractivity contribution is 5.50. The fourth-order valence-corrected chi connectivity index (χ4v) is 3.50. The number of hydrogen-bond acceptors (Lipinski definition) is 4. The van der Waals surface area contributed by atoms with Crippen molar-refractivity contribution in [3.8, 4) is 11.5 Å². The number of rotatable bonds is 3. The van der Waals surface area contributed by atoms with E-state index in [2.05, 4.69) is 12.1 Å². The Morgan fingerprint density at radius 3 is 2.75 bits per heavy atom. The van der Waals surface area contributed by atoms with Gasteiger partial charge in [-0.15, -0.1) is 0 Å². The van der Waals surface area contributed by atoms with E-state index in [1.165, 1.54) is 24.8 Å². The van der Waals surface area contributed by atoms with Crippen LogP contribution in [0.15, 0.2) is 12.1 Å². The molecule has 0 spiro atoms. The maximum Gasteiger partial charge on any atom is 0.189 e. The molecule has 2 N–H and O–H groups in total. The molecule has 1 aromatic carbocycles. The van der Waals surface area contributed by atoms with Crippen molar-refractivity contribution in [2.24, 2.45) is 5.73 Å². The first-order valence-corrected chi connectivity index (χ1v) is 7.41. The second kappa shape index (κ2) is 5.62. The van der Waals surface area contributed by atoms with Gasteiger partial charge in [-0.1, -0.05) is 19.3 Å². The van der Waals surface area contributed by atoms with Gasteiger partial charge in [0.15, 0.2) is 6.79 Å². The van der Waals surface area contributed by atoms with Crippen LogP contribution in [0.25, 0.3) is 0 Å². The van der Waals surface area contributed by atoms with E-state index in [0.717, 1.165) is 29.9 Å². The lowest BCUT2D eigenvalue weighted by Gasteiger charge is -2.38. The summed E-state index contributed by atoms with van der Waals surface area (Å²) in [6, 6.07) is 4.19. The second-order valence-electron chi connectivity index (χ2n) is 5.82. The Morgan fingerprint density at radius 1 is 1.25 bits per heavy atom. The Balaban J connectivity index is 2.06. The molecule has 2 aliphatic rings. The smallest absolute Gasteiger partial charge is 0.189 e. The number of benzene rings is 1. The molecule has 0 bridgehead atoms. The molecule has 0 atom stereocenters. The zero-order valence-corrected chi connectivity index (χ0v) is 12.1. The topological polar surface area (TPSA) is 53.7 Å². The summed E-state index contributed by atoms with van der Waals surface area (Å²) in [5.41, 5.74) is 8.46. The highest BCUT2D eigenvalue weighted by atomic mass is 16.7. The lowest BCUT2D eigenvalue weighted by molar-refractivity contribution is -0.0166. The van der Waals surface area contributed by atoms with Crippen LogP contribution >= 0.6 is 0 Å². The zero-order chi connectivity index (χ0) is 14.0. The largest absolute Gasteiger partial charge is 0.496 e. The van der Waals surface area contributed by atoms with E-state index in [9.17, 15) is 0 Å². The molecule has 0 amide bonds. The molecule has 0 radical (unpaired) electrons. The van der Waals surface area contributed by atoms with Gasteiger partial charge in [-0.25, -0.2) is 0 Å². The molecule has 1 fully saturated rings. The molecule has 1 aromatic rings. The summed E-state index contributed by atoms with van der Waals surface area (Å²) in [5.74, 6) is 1.84. The maximum atomic E-state index is 6.15. The zero-order valence-electron chi connectivity index (χ0n) is 12.1. The molecule has 4 nitrogen and oxygen atoms in total. The predicted molar refractivity (Wildman–Crippen MR) is 77.1 cm³/mol. The van der Waals surface area contributed by atoms with Crippen LogP contribution in [0.2, 0.25) is 0 Å². The number of methoxy groups -OCH3 is 1. The minimum atomic E-state index is 0.0420. The van der Waals surface area contributed by atoms with Gasteiger partial charge in [-0.05, 0) is 25.0 Å². The first-order chi connectivity index (χ1) is 9.79. The molecule has 0 aromatic heterocycles. The van der Waals surface area contributed by atoms with Crippen molar-refractivity contribution >= 4 is 0 Å². The van der Waals surface area contributed by atoms with Crippen LogP contribution in [0, 0.1) is 0 Å². The summed E-state index contributed by atoms with van der Waals surface area (Å²) in [5, 5.41) is 0. The fourth-order valence-electron chi connectivity index (χ4n) is 3.50. The first-order valence-electron chi connectivity index (χ1n) is 7.41. The van der Waals surface area contributed by atoms with Crippen LogP contribution in [0.3, 0.4) is 0 Å². The lowest BCUT2D eigenvalue weighted by Crippen LogP contribution is -2.37. The molecule has 1 aliphatic heterocycles. The summed E-state index contributed by atoms with van der Waals surface area (Å²) in [6.45, 7) is 1.58. The number of fused-ring (bicyclic) bond motifs is 1. The van der Waals surface area contributed by atoms with E-state index in [1.54, 1.807) is 7.11 Å². The van der Waals surface area contributed by atoms with Gasteiger partial charge >= 0.3 is 0 Å². The Bertz CT molecular complexity index is 481. The Morgan fingerprint density at radius 2 is 2.05 bits per heavy atom. The van der Waals surface area contributed by atoms with E-state index in [-0.39, 0.29) is 5.41 Å². The molecule has 0 unspecified atom stereocenters. The molecular weight excluding hydrogens is 254 g/mol. The van der Waals surface area contributed by atoms with Gasteiger partial charge in [0.05, 0.1) is 13.7 Å². The second-order valence-corrected chi connectivity index (χ2v) is 5.82. The summed E-state index contributed by atoms with van der Waals surface area (Å²) in [6.07, 6.45) is 6.05. The van der Waals surface area contributed by atoms with Crippen LogP contribution in [0.5, 0.6) is 11.5 Å². The molecule has 1 aliphatic carbocycles. The van der Waals surface area contributed by atoms with Crippen molar-refractivity contribution in [3.05, 3.63) is 23.3 Å². The highest BCUT2D eigenvalue weighted by Crippen LogP contribution is 2.45. The van der Waals surface area contributed by atoms with Gasteiger partial charge in [0, 0.05) is 23.1 Å². The minimum absolute atomic E-state index is 0.0420. The number of ether oxygens (including phenoxy) is 3.